The molecule has 1 N–H and O–H groups in total. The minimum atomic E-state index is -0.0587. The van der Waals surface area contributed by atoms with E-state index in [0.29, 0.717) is 17.7 Å². The second-order valence-corrected chi connectivity index (χ2v) is 6.49. The molecule has 1 fully saturated rings. The van der Waals surface area contributed by atoms with Crippen molar-refractivity contribution in [1.82, 2.24) is 15.3 Å². The van der Waals surface area contributed by atoms with Crippen LogP contribution < -0.4 is 10.2 Å². The third-order valence-corrected chi connectivity index (χ3v) is 4.29. The zero-order chi connectivity index (χ0) is 16.7. The summed E-state index contributed by atoms with van der Waals surface area (Å²) in [6.45, 7) is 8.06. The van der Waals surface area contributed by atoms with Gasteiger partial charge in [0, 0.05) is 24.8 Å². The summed E-state index contributed by atoms with van der Waals surface area (Å²) in [4.78, 5) is 23.8. The van der Waals surface area contributed by atoms with E-state index >= 15 is 0 Å². The molecule has 0 saturated heterocycles. The van der Waals surface area contributed by atoms with E-state index in [0.717, 1.165) is 44.5 Å². The Bertz CT molecular complexity index is 506. The van der Waals surface area contributed by atoms with Crippen molar-refractivity contribution in [2.75, 3.05) is 18.0 Å². The highest BCUT2D eigenvalue weighted by atomic mass is 16.1. The largest absolute Gasteiger partial charge is 0.348 e. The fraction of sp³-hybridized carbons (Fsp3) is 0.722. The van der Waals surface area contributed by atoms with Crippen LogP contribution in [0, 0.1) is 6.92 Å². The Kier molecular flexibility index (Phi) is 6.81. The van der Waals surface area contributed by atoms with Crippen LogP contribution in [0.25, 0.3) is 0 Å². The number of rotatable bonds is 7. The van der Waals surface area contributed by atoms with Gasteiger partial charge in [-0.05, 0) is 38.7 Å². The average molecular weight is 318 g/mol. The summed E-state index contributed by atoms with van der Waals surface area (Å²) in [5.41, 5.74) is 1.34. The Morgan fingerprint density at radius 1 is 1.17 bits per heavy atom. The lowest BCUT2D eigenvalue weighted by Gasteiger charge is -2.24. The molecule has 2 rings (SSSR count). The van der Waals surface area contributed by atoms with E-state index in [4.69, 9.17) is 0 Å². The molecule has 0 radical (unpaired) electrons. The predicted molar refractivity (Wildman–Crippen MR) is 93.9 cm³/mol. The normalized spacial score (nSPS) is 15.4. The Morgan fingerprint density at radius 3 is 2.43 bits per heavy atom. The number of aryl methyl sites for hydroxylation is 1. The molecule has 1 heterocycles. The standard InChI is InChI=1S/C18H30N4O/c1-4-11-22(12-5-2)18-19-14(3)13-16(21-18)17(23)20-15-9-7-6-8-10-15/h13,15H,4-12H2,1-3H3,(H,20,23). The van der Waals surface area contributed by atoms with Gasteiger partial charge in [0.15, 0.2) is 0 Å². The summed E-state index contributed by atoms with van der Waals surface area (Å²) in [5.74, 6) is 0.624. The molecular weight excluding hydrogens is 288 g/mol. The number of nitrogens with one attached hydrogen (secondary N) is 1. The number of hydrogen-bond donors (Lipinski definition) is 1. The fourth-order valence-electron chi connectivity index (χ4n) is 3.17. The highest BCUT2D eigenvalue weighted by Gasteiger charge is 2.19. The highest BCUT2D eigenvalue weighted by Crippen LogP contribution is 2.18. The minimum Gasteiger partial charge on any atom is -0.348 e. The molecule has 0 unspecified atom stereocenters. The van der Waals surface area contributed by atoms with Gasteiger partial charge in [0.1, 0.15) is 5.69 Å². The zero-order valence-corrected chi connectivity index (χ0v) is 14.8. The molecule has 1 aromatic heterocycles. The first-order valence-electron chi connectivity index (χ1n) is 9.05. The summed E-state index contributed by atoms with van der Waals surface area (Å²) in [5, 5.41) is 3.14. The maximum absolute atomic E-state index is 12.5. The number of nitrogens with zero attached hydrogens (tertiary/aromatic N) is 3. The van der Waals surface area contributed by atoms with E-state index in [9.17, 15) is 4.79 Å². The van der Waals surface area contributed by atoms with E-state index in [1.54, 1.807) is 6.07 Å². The van der Waals surface area contributed by atoms with Crippen molar-refractivity contribution in [2.45, 2.75) is 71.8 Å². The smallest absolute Gasteiger partial charge is 0.270 e. The van der Waals surface area contributed by atoms with Crippen molar-refractivity contribution >= 4 is 11.9 Å². The summed E-state index contributed by atoms with van der Waals surface area (Å²) < 4.78 is 0. The maximum atomic E-state index is 12.5. The second kappa shape index (κ2) is 8.85. The van der Waals surface area contributed by atoms with E-state index in [1.807, 2.05) is 6.92 Å². The van der Waals surface area contributed by atoms with Gasteiger partial charge in [-0.25, -0.2) is 9.97 Å². The lowest BCUT2D eigenvalue weighted by molar-refractivity contribution is 0.0922. The van der Waals surface area contributed by atoms with Gasteiger partial charge in [0.05, 0.1) is 0 Å². The first-order chi connectivity index (χ1) is 11.1. The van der Waals surface area contributed by atoms with Gasteiger partial charge in [-0.15, -0.1) is 0 Å². The van der Waals surface area contributed by atoms with Crippen LogP contribution in [-0.2, 0) is 0 Å². The van der Waals surface area contributed by atoms with Crippen molar-refractivity contribution in [3.63, 3.8) is 0 Å². The zero-order valence-electron chi connectivity index (χ0n) is 14.8. The van der Waals surface area contributed by atoms with Gasteiger partial charge in [-0.3, -0.25) is 4.79 Å². The Balaban J connectivity index is 2.12. The molecule has 1 aliphatic carbocycles. The Morgan fingerprint density at radius 2 is 1.83 bits per heavy atom. The topological polar surface area (TPSA) is 58.1 Å². The molecule has 5 heteroatoms. The fourth-order valence-corrected chi connectivity index (χ4v) is 3.17. The molecule has 0 spiro atoms. The minimum absolute atomic E-state index is 0.0587. The Labute approximate surface area is 139 Å². The first-order valence-corrected chi connectivity index (χ1v) is 9.05. The predicted octanol–water partition coefficient (Wildman–Crippen LogP) is 3.47. The molecule has 1 aromatic rings. The van der Waals surface area contributed by atoms with Crippen LogP contribution >= 0.6 is 0 Å². The number of aromatic nitrogens is 2. The summed E-state index contributed by atoms with van der Waals surface area (Å²) >= 11 is 0. The maximum Gasteiger partial charge on any atom is 0.270 e. The first kappa shape index (κ1) is 17.7. The van der Waals surface area contributed by atoms with E-state index in [2.05, 4.69) is 34.0 Å². The van der Waals surface area contributed by atoms with E-state index < -0.39 is 0 Å². The number of carbonyl (C=O) groups is 1. The number of carbonyl (C=O) groups excluding carboxylic acids is 1. The summed E-state index contributed by atoms with van der Waals surface area (Å²) in [6, 6.07) is 2.09. The van der Waals surface area contributed by atoms with Gasteiger partial charge in [-0.2, -0.15) is 0 Å². The molecule has 0 bridgehead atoms. The van der Waals surface area contributed by atoms with E-state index in [1.165, 1.54) is 19.3 Å². The van der Waals surface area contributed by atoms with Crippen LogP contribution in [0.4, 0.5) is 5.95 Å². The third-order valence-electron chi connectivity index (χ3n) is 4.29. The Hall–Kier alpha value is -1.65. The third kappa shape index (κ3) is 5.19. The van der Waals surface area contributed by atoms with Gasteiger partial charge < -0.3 is 10.2 Å². The van der Waals surface area contributed by atoms with Crippen LogP contribution in [0.15, 0.2) is 6.07 Å². The van der Waals surface area contributed by atoms with Crippen molar-refractivity contribution in [3.05, 3.63) is 17.5 Å². The lowest BCUT2D eigenvalue weighted by Crippen LogP contribution is -2.37. The molecular formula is C18H30N4O. The van der Waals surface area contributed by atoms with Crippen LogP contribution in [0.5, 0.6) is 0 Å². The van der Waals surface area contributed by atoms with Crippen LogP contribution in [0.1, 0.15) is 75.0 Å². The SMILES string of the molecule is CCCN(CCC)c1nc(C)cc(C(=O)NC2CCCCC2)n1. The summed E-state index contributed by atoms with van der Waals surface area (Å²) in [7, 11) is 0. The molecule has 128 valence electrons. The molecule has 1 saturated carbocycles. The highest BCUT2D eigenvalue weighted by molar-refractivity contribution is 5.92. The van der Waals surface area contributed by atoms with Gasteiger partial charge in [0.2, 0.25) is 5.95 Å². The van der Waals surface area contributed by atoms with E-state index in [-0.39, 0.29) is 5.91 Å². The molecule has 5 nitrogen and oxygen atoms in total. The number of amides is 1. The quantitative estimate of drug-likeness (QED) is 0.836. The lowest BCUT2D eigenvalue weighted by atomic mass is 9.95. The molecule has 0 aromatic carbocycles. The van der Waals surface area contributed by atoms with Crippen LogP contribution in [0.2, 0.25) is 0 Å². The molecule has 23 heavy (non-hydrogen) atoms. The average Bonchev–Trinajstić information content (AvgIpc) is 2.55. The van der Waals surface area contributed by atoms with Crippen molar-refractivity contribution in [1.29, 1.82) is 0 Å². The number of hydrogen-bond acceptors (Lipinski definition) is 4. The van der Waals surface area contributed by atoms with Crippen molar-refractivity contribution in [3.8, 4) is 0 Å². The molecule has 0 atom stereocenters. The van der Waals surface area contributed by atoms with Crippen molar-refractivity contribution < 1.29 is 4.79 Å². The summed E-state index contributed by atoms with van der Waals surface area (Å²) in [6.07, 6.45) is 7.95. The van der Waals surface area contributed by atoms with Crippen LogP contribution in [0.3, 0.4) is 0 Å². The molecule has 1 amide bonds. The second-order valence-electron chi connectivity index (χ2n) is 6.49. The van der Waals surface area contributed by atoms with Crippen molar-refractivity contribution in [2.24, 2.45) is 0 Å². The molecule has 0 aliphatic heterocycles. The van der Waals surface area contributed by atoms with Gasteiger partial charge >= 0.3 is 0 Å². The molecule has 1 aliphatic rings. The van der Waals surface area contributed by atoms with Crippen LogP contribution in [-0.4, -0.2) is 35.0 Å². The van der Waals surface area contributed by atoms with Gasteiger partial charge in [-0.1, -0.05) is 33.1 Å². The van der Waals surface area contributed by atoms with Gasteiger partial charge in [0.25, 0.3) is 5.91 Å². The number of anilines is 1. The monoisotopic (exact) mass is 318 g/mol.